The lowest BCUT2D eigenvalue weighted by molar-refractivity contribution is -0.0259. The highest BCUT2D eigenvalue weighted by atomic mass is 79.9. The fraction of sp³-hybridized carbons (Fsp3) is 0.455. The van der Waals surface area contributed by atoms with Crippen molar-refractivity contribution in [1.29, 1.82) is 0 Å². The van der Waals surface area contributed by atoms with Crippen LogP contribution in [-0.4, -0.2) is 10.7 Å². The van der Waals surface area contributed by atoms with E-state index in [1.807, 2.05) is 0 Å². The number of rotatable bonds is 12. The Kier molecular flexibility index (Phi) is 10.5. The minimum absolute atomic E-state index is 0.162. The maximum Gasteiger partial charge on any atom is 0.0833 e. The maximum absolute atomic E-state index is 6.69. The molecule has 2 aromatic carbocycles. The quantitative estimate of drug-likeness (QED) is 0.230. The highest BCUT2D eigenvalue weighted by Gasteiger charge is 2.19. The van der Waals surface area contributed by atoms with E-state index in [0.717, 1.165) is 23.5 Å². The lowest BCUT2D eigenvalue weighted by Gasteiger charge is -2.26. The summed E-state index contributed by atoms with van der Waals surface area (Å²) in [7, 11) is 0. The Balaban J connectivity index is 2.12. The van der Waals surface area contributed by atoms with Crippen molar-refractivity contribution in [1.82, 2.24) is 0 Å². The second-order valence-corrected chi connectivity index (χ2v) is 7.89. The molecule has 0 spiro atoms. The van der Waals surface area contributed by atoms with Crippen LogP contribution in [0.2, 0.25) is 0 Å². The van der Waals surface area contributed by atoms with E-state index in [2.05, 4.69) is 92.5 Å². The van der Waals surface area contributed by atoms with Gasteiger partial charge in [-0.3, -0.25) is 0 Å². The number of benzene rings is 2. The number of unbranched alkanes of at least 4 members (excludes halogenated alkanes) is 2. The summed E-state index contributed by atoms with van der Waals surface area (Å²) in [5, 5.41) is 2.11. The zero-order valence-corrected chi connectivity index (χ0v) is 17.9. The molecule has 0 radical (unpaired) electrons. The molecule has 0 heterocycles. The molecule has 0 aliphatic carbocycles. The average Bonchev–Trinajstić information content (AvgIpc) is 2.67. The normalized spacial score (nSPS) is 13.5. The van der Waals surface area contributed by atoms with Crippen molar-refractivity contribution in [3.8, 4) is 0 Å². The molecular weight excluding hydrogens is 440 g/mol. The van der Waals surface area contributed by atoms with Gasteiger partial charge in [0.05, 0.1) is 12.2 Å². The van der Waals surface area contributed by atoms with Crippen LogP contribution >= 0.6 is 31.9 Å². The van der Waals surface area contributed by atoms with Crippen LogP contribution < -0.4 is 0 Å². The van der Waals surface area contributed by atoms with Crippen LogP contribution in [0, 0.1) is 0 Å². The molecule has 2 rings (SSSR count). The molecule has 0 N–H and O–H groups in total. The molecule has 0 aromatic heterocycles. The van der Waals surface area contributed by atoms with Gasteiger partial charge in [-0.15, -0.1) is 0 Å². The van der Waals surface area contributed by atoms with Crippen LogP contribution in [0.4, 0.5) is 0 Å². The fourth-order valence-electron chi connectivity index (χ4n) is 3.01. The van der Waals surface area contributed by atoms with Gasteiger partial charge in [0.2, 0.25) is 0 Å². The van der Waals surface area contributed by atoms with E-state index in [-0.39, 0.29) is 12.2 Å². The number of hydrogen-bond donors (Lipinski definition) is 0. The van der Waals surface area contributed by atoms with Crippen molar-refractivity contribution in [3.63, 3.8) is 0 Å². The Labute approximate surface area is 169 Å². The Bertz CT molecular complexity index is 507. The Morgan fingerprint density at radius 3 is 1.36 bits per heavy atom. The second-order valence-electron chi connectivity index (χ2n) is 6.30. The first-order valence-corrected chi connectivity index (χ1v) is 11.5. The van der Waals surface area contributed by atoms with Crippen LogP contribution in [0.15, 0.2) is 60.7 Å². The largest absolute Gasteiger partial charge is 0.366 e. The number of halogens is 2. The third kappa shape index (κ3) is 7.64. The minimum Gasteiger partial charge on any atom is -0.366 e. The van der Waals surface area contributed by atoms with Gasteiger partial charge < -0.3 is 4.74 Å². The molecule has 2 atom stereocenters. The first kappa shape index (κ1) is 20.7. The van der Waals surface area contributed by atoms with Crippen molar-refractivity contribution in [3.05, 3.63) is 71.8 Å². The van der Waals surface area contributed by atoms with Crippen LogP contribution in [0.25, 0.3) is 0 Å². The van der Waals surface area contributed by atoms with Crippen LogP contribution in [0.3, 0.4) is 0 Å². The fourth-order valence-corrected chi connectivity index (χ4v) is 3.80. The zero-order chi connectivity index (χ0) is 17.7. The van der Waals surface area contributed by atoms with Crippen molar-refractivity contribution in [2.24, 2.45) is 0 Å². The molecule has 0 aliphatic rings. The second kappa shape index (κ2) is 12.7. The smallest absolute Gasteiger partial charge is 0.0833 e. The molecule has 1 nitrogen and oxygen atoms in total. The molecule has 2 aromatic rings. The van der Waals surface area contributed by atoms with Gasteiger partial charge in [-0.25, -0.2) is 0 Å². The van der Waals surface area contributed by atoms with Gasteiger partial charge in [-0.05, 0) is 49.7 Å². The molecule has 25 heavy (non-hydrogen) atoms. The standard InChI is InChI=1S/C22H28Br2O/c23-17-9-7-15-21(19-11-3-1-4-12-19)25-22(16-8-10-18-24)20-13-5-2-6-14-20/h1-6,11-14,21-22H,7-10,15-18H2. The molecule has 136 valence electrons. The summed E-state index contributed by atoms with van der Waals surface area (Å²) in [6, 6.07) is 21.4. The zero-order valence-electron chi connectivity index (χ0n) is 14.7. The van der Waals surface area contributed by atoms with E-state index < -0.39 is 0 Å². The monoisotopic (exact) mass is 466 g/mol. The van der Waals surface area contributed by atoms with Gasteiger partial charge in [0.1, 0.15) is 0 Å². The van der Waals surface area contributed by atoms with Gasteiger partial charge in [0.25, 0.3) is 0 Å². The number of hydrogen-bond acceptors (Lipinski definition) is 1. The molecule has 0 saturated carbocycles. The molecule has 0 aliphatic heterocycles. The highest BCUT2D eigenvalue weighted by molar-refractivity contribution is 9.09. The van der Waals surface area contributed by atoms with Crippen LogP contribution in [-0.2, 0) is 4.74 Å². The lowest BCUT2D eigenvalue weighted by Crippen LogP contribution is -2.11. The summed E-state index contributed by atoms with van der Waals surface area (Å²) in [4.78, 5) is 0. The minimum atomic E-state index is 0.162. The molecule has 3 heteroatoms. The summed E-state index contributed by atoms with van der Waals surface area (Å²) >= 11 is 7.08. The topological polar surface area (TPSA) is 9.23 Å². The average molecular weight is 468 g/mol. The molecule has 2 unspecified atom stereocenters. The summed E-state index contributed by atoms with van der Waals surface area (Å²) in [5.74, 6) is 0. The summed E-state index contributed by atoms with van der Waals surface area (Å²) in [6.45, 7) is 0. The van der Waals surface area contributed by atoms with Crippen molar-refractivity contribution in [2.75, 3.05) is 10.7 Å². The Hall–Kier alpha value is -0.640. The maximum atomic E-state index is 6.69. The lowest BCUT2D eigenvalue weighted by atomic mass is 10.0. The van der Waals surface area contributed by atoms with Crippen molar-refractivity contribution >= 4 is 31.9 Å². The van der Waals surface area contributed by atoms with E-state index in [0.29, 0.717) is 0 Å². The van der Waals surface area contributed by atoms with Gasteiger partial charge in [-0.2, -0.15) is 0 Å². The molecule has 0 saturated heterocycles. The van der Waals surface area contributed by atoms with Crippen LogP contribution in [0.1, 0.15) is 61.9 Å². The Morgan fingerprint density at radius 2 is 1.00 bits per heavy atom. The summed E-state index contributed by atoms with van der Waals surface area (Å²) < 4.78 is 6.69. The van der Waals surface area contributed by atoms with E-state index in [1.54, 1.807) is 0 Å². The SMILES string of the molecule is BrCCCCC(OC(CCCCBr)c1ccccc1)c1ccccc1. The Morgan fingerprint density at radius 1 is 0.600 bits per heavy atom. The molecular formula is C22H28Br2O. The predicted molar refractivity (Wildman–Crippen MR) is 115 cm³/mol. The van der Waals surface area contributed by atoms with Crippen molar-refractivity contribution < 1.29 is 4.74 Å². The van der Waals surface area contributed by atoms with Crippen molar-refractivity contribution in [2.45, 2.75) is 50.7 Å². The van der Waals surface area contributed by atoms with Gasteiger partial charge in [0, 0.05) is 10.7 Å². The third-order valence-corrected chi connectivity index (χ3v) is 5.49. The molecule has 0 bridgehead atoms. The number of ether oxygens (including phenoxy) is 1. The van der Waals surface area contributed by atoms with Gasteiger partial charge in [-0.1, -0.05) is 92.5 Å². The van der Waals surface area contributed by atoms with Crippen LogP contribution in [0.5, 0.6) is 0 Å². The van der Waals surface area contributed by atoms with Gasteiger partial charge in [0.15, 0.2) is 0 Å². The first-order chi connectivity index (χ1) is 12.3. The van der Waals surface area contributed by atoms with Gasteiger partial charge >= 0.3 is 0 Å². The van der Waals surface area contributed by atoms with E-state index in [4.69, 9.17) is 4.74 Å². The first-order valence-electron chi connectivity index (χ1n) is 9.22. The predicted octanol–water partition coefficient (Wildman–Crippen LogP) is 7.62. The van der Waals surface area contributed by atoms with E-state index in [9.17, 15) is 0 Å². The molecule has 0 fully saturated rings. The summed E-state index contributed by atoms with van der Waals surface area (Å²) in [6.07, 6.45) is 7.18. The van der Waals surface area contributed by atoms with E-state index in [1.165, 1.54) is 36.8 Å². The summed E-state index contributed by atoms with van der Waals surface area (Å²) in [5.41, 5.74) is 2.58. The van der Waals surface area contributed by atoms with E-state index >= 15 is 0 Å². The molecule has 0 amide bonds. The number of alkyl halides is 2. The highest BCUT2D eigenvalue weighted by Crippen LogP contribution is 2.33. The third-order valence-electron chi connectivity index (χ3n) is 4.37.